The molecule has 4 rings (SSSR count). The van der Waals surface area contributed by atoms with Gasteiger partial charge in [-0.3, -0.25) is 14.2 Å². The Morgan fingerprint density at radius 2 is 1.87 bits per heavy atom. The smallest absolute Gasteiger partial charge is 0.261 e. The van der Waals surface area contributed by atoms with Crippen LogP contribution in [-0.2, 0) is 11.3 Å². The second kappa shape index (κ2) is 8.81. The Hall–Kier alpha value is -3.32. The van der Waals surface area contributed by atoms with E-state index in [4.69, 9.17) is 0 Å². The van der Waals surface area contributed by atoms with Crippen LogP contribution in [0.5, 0.6) is 0 Å². The van der Waals surface area contributed by atoms with Gasteiger partial charge in [0.15, 0.2) is 5.13 Å². The molecule has 0 unspecified atom stereocenters. The molecule has 2 heterocycles. The lowest BCUT2D eigenvalue weighted by molar-refractivity contribution is -0.116. The third-order valence-electron chi connectivity index (χ3n) is 5.40. The fourth-order valence-corrected chi connectivity index (χ4v) is 4.28. The summed E-state index contributed by atoms with van der Waals surface area (Å²) in [5.74, 6) is -0.112. The minimum atomic E-state index is -0.112. The molecule has 0 bridgehead atoms. The second-order valence-corrected chi connectivity index (χ2v) is 8.56. The van der Waals surface area contributed by atoms with Crippen LogP contribution in [0.4, 0.5) is 5.13 Å². The molecule has 0 atom stereocenters. The number of hydrogen-bond acceptors (Lipinski definition) is 5. The number of carbonyl (C=O) groups excluding carboxylic acids is 1. The first-order valence-corrected chi connectivity index (χ1v) is 11.1. The Labute approximate surface area is 184 Å². The standard InChI is InChI=1S/C24H24N4O2S/c1-15-11-17(3)19(12-16(15)2)21-13-31-24(26-21)27-22(29)9-6-10-28-14-25-20-8-5-4-7-18(20)23(28)30/h4-5,7-8,11-14H,6,9-10H2,1-3H3,(H,26,27,29). The van der Waals surface area contributed by atoms with Gasteiger partial charge >= 0.3 is 0 Å². The molecule has 158 valence electrons. The van der Waals surface area contributed by atoms with E-state index < -0.39 is 0 Å². The van der Waals surface area contributed by atoms with E-state index in [1.54, 1.807) is 17.0 Å². The van der Waals surface area contributed by atoms with Crippen molar-refractivity contribution in [3.05, 3.63) is 75.1 Å². The SMILES string of the molecule is Cc1cc(C)c(-c2csc(NC(=O)CCCn3cnc4ccccc4c3=O)n2)cc1C. The van der Waals surface area contributed by atoms with E-state index >= 15 is 0 Å². The second-order valence-electron chi connectivity index (χ2n) is 7.70. The summed E-state index contributed by atoms with van der Waals surface area (Å²) in [5, 5.41) is 6.01. The van der Waals surface area contributed by atoms with E-state index in [1.165, 1.54) is 28.0 Å². The van der Waals surface area contributed by atoms with Crippen LogP contribution >= 0.6 is 11.3 Å². The van der Waals surface area contributed by atoms with Crippen LogP contribution in [0, 0.1) is 20.8 Å². The molecule has 1 N–H and O–H groups in total. The highest BCUT2D eigenvalue weighted by Crippen LogP contribution is 2.29. The largest absolute Gasteiger partial charge is 0.302 e. The van der Waals surface area contributed by atoms with Crippen molar-refractivity contribution in [2.75, 3.05) is 5.32 Å². The third-order valence-corrected chi connectivity index (χ3v) is 6.16. The first-order valence-electron chi connectivity index (χ1n) is 10.2. The van der Waals surface area contributed by atoms with E-state index in [9.17, 15) is 9.59 Å². The molecule has 0 spiro atoms. The highest BCUT2D eigenvalue weighted by Gasteiger charge is 2.11. The van der Waals surface area contributed by atoms with Gasteiger partial charge < -0.3 is 5.32 Å². The Balaban J connectivity index is 1.37. The van der Waals surface area contributed by atoms with E-state index in [-0.39, 0.29) is 11.5 Å². The van der Waals surface area contributed by atoms with Crippen molar-refractivity contribution in [3.63, 3.8) is 0 Å². The van der Waals surface area contributed by atoms with E-state index in [1.807, 2.05) is 23.6 Å². The molecule has 0 saturated carbocycles. The Kier molecular flexibility index (Phi) is 5.95. The van der Waals surface area contributed by atoms with Gasteiger partial charge in [-0.05, 0) is 62.1 Å². The number of nitrogens with zero attached hydrogens (tertiary/aromatic N) is 3. The maximum atomic E-state index is 12.5. The van der Waals surface area contributed by atoms with Gasteiger partial charge in [0.05, 0.1) is 22.9 Å². The summed E-state index contributed by atoms with van der Waals surface area (Å²) >= 11 is 1.42. The zero-order chi connectivity index (χ0) is 22.0. The molecular weight excluding hydrogens is 408 g/mol. The average molecular weight is 433 g/mol. The molecule has 0 aliphatic heterocycles. The van der Waals surface area contributed by atoms with Crippen molar-refractivity contribution >= 4 is 33.3 Å². The van der Waals surface area contributed by atoms with Crippen LogP contribution in [0.2, 0.25) is 0 Å². The third kappa shape index (κ3) is 4.56. The molecule has 0 fully saturated rings. The van der Waals surface area contributed by atoms with Crippen LogP contribution in [-0.4, -0.2) is 20.4 Å². The van der Waals surface area contributed by atoms with Crippen LogP contribution in [0.1, 0.15) is 29.5 Å². The molecule has 4 aromatic rings. The molecule has 2 aromatic heterocycles. The van der Waals surface area contributed by atoms with Crippen molar-refractivity contribution in [3.8, 4) is 11.3 Å². The Bertz CT molecular complexity index is 1320. The predicted molar refractivity (Wildman–Crippen MR) is 126 cm³/mol. The van der Waals surface area contributed by atoms with Gasteiger partial charge in [-0.25, -0.2) is 9.97 Å². The fourth-order valence-electron chi connectivity index (χ4n) is 3.55. The number of fused-ring (bicyclic) bond motifs is 1. The molecule has 0 aliphatic rings. The zero-order valence-electron chi connectivity index (χ0n) is 17.8. The number of nitrogens with one attached hydrogen (secondary N) is 1. The number of para-hydroxylation sites is 1. The average Bonchev–Trinajstić information content (AvgIpc) is 3.20. The number of aryl methyl sites for hydroxylation is 4. The zero-order valence-corrected chi connectivity index (χ0v) is 18.6. The minimum absolute atomic E-state index is 0.0839. The van der Waals surface area contributed by atoms with Crippen molar-refractivity contribution < 1.29 is 4.79 Å². The molecule has 2 aromatic carbocycles. The maximum Gasteiger partial charge on any atom is 0.261 e. The topological polar surface area (TPSA) is 76.9 Å². The van der Waals surface area contributed by atoms with Crippen LogP contribution in [0.15, 0.2) is 52.9 Å². The predicted octanol–water partition coefficient (Wildman–Crippen LogP) is 4.86. The molecular formula is C24H24N4O2S. The molecule has 7 heteroatoms. The summed E-state index contributed by atoms with van der Waals surface area (Å²) in [6, 6.07) is 11.6. The molecule has 0 radical (unpaired) electrons. The normalized spacial score (nSPS) is 11.1. The molecule has 6 nitrogen and oxygen atoms in total. The van der Waals surface area contributed by atoms with Crippen LogP contribution in [0.3, 0.4) is 0 Å². The summed E-state index contributed by atoms with van der Waals surface area (Å²) in [7, 11) is 0. The van der Waals surface area contributed by atoms with Gasteiger partial charge in [0, 0.05) is 23.9 Å². The summed E-state index contributed by atoms with van der Waals surface area (Å²) in [4.78, 5) is 33.8. The van der Waals surface area contributed by atoms with E-state index in [2.05, 4.69) is 48.2 Å². The Morgan fingerprint density at radius 3 is 2.71 bits per heavy atom. The fraction of sp³-hybridized carbons (Fsp3) is 0.250. The highest BCUT2D eigenvalue weighted by atomic mass is 32.1. The number of amides is 1. The van der Waals surface area contributed by atoms with Crippen molar-refractivity contribution in [1.29, 1.82) is 0 Å². The first kappa shape index (κ1) is 20.9. The molecule has 0 aliphatic carbocycles. The molecule has 0 saturated heterocycles. The van der Waals surface area contributed by atoms with E-state index in [0.29, 0.717) is 35.4 Å². The number of anilines is 1. The minimum Gasteiger partial charge on any atom is -0.302 e. The number of thiazole rings is 1. The monoisotopic (exact) mass is 432 g/mol. The van der Waals surface area contributed by atoms with E-state index in [0.717, 1.165) is 11.3 Å². The quantitative estimate of drug-likeness (QED) is 0.472. The van der Waals surface area contributed by atoms with Gasteiger partial charge in [-0.15, -0.1) is 11.3 Å². The number of benzene rings is 2. The summed E-state index contributed by atoms with van der Waals surface area (Å²) in [6.07, 6.45) is 2.39. The van der Waals surface area contributed by atoms with Gasteiger partial charge in [0.25, 0.3) is 5.56 Å². The molecule has 31 heavy (non-hydrogen) atoms. The highest BCUT2D eigenvalue weighted by molar-refractivity contribution is 7.14. The number of carbonyl (C=O) groups is 1. The lowest BCUT2D eigenvalue weighted by Gasteiger charge is -2.08. The van der Waals surface area contributed by atoms with Gasteiger partial charge in [-0.1, -0.05) is 18.2 Å². The van der Waals surface area contributed by atoms with Gasteiger partial charge in [-0.2, -0.15) is 0 Å². The number of rotatable bonds is 6. The van der Waals surface area contributed by atoms with Crippen LogP contribution < -0.4 is 10.9 Å². The van der Waals surface area contributed by atoms with Gasteiger partial charge in [0.1, 0.15) is 0 Å². The van der Waals surface area contributed by atoms with Gasteiger partial charge in [0.2, 0.25) is 5.91 Å². The summed E-state index contributed by atoms with van der Waals surface area (Å²) < 4.78 is 1.56. The number of aromatic nitrogens is 3. The lowest BCUT2D eigenvalue weighted by Crippen LogP contribution is -2.21. The van der Waals surface area contributed by atoms with Crippen molar-refractivity contribution in [2.24, 2.45) is 0 Å². The summed E-state index contributed by atoms with van der Waals surface area (Å²) in [6.45, 7) is 6.70. The lowest BCUT2D eigenvalue weighted by atomic mass is 9.99. The van der Waals surface area contributed by atoms with Crippen LogP contribution in [0.25, 0.3) is 22.2 Å². The maximum absolute atomic E-state index is 12.5. The molecule has 1 amide bonds. The summed E-state index contributed by atoms with van der Waals surface area (Å²) in [5.41, 5.74) is 6.20. The number of hydrogen-bond donors (Lipinski definition) is 1. The van der Waals surface area contributed by atoms with Crippen molar-refractivity contribution in [2.45, 2.75) is 40.2 Å². The van der Waals surface area contributed by atoms with Crippen molar-refractivity contribution in [1.82, 2.24) is 14.5 Å². The Morgan fingerprint density at radius 1 is 1.10 bits per heavy atom. The first-order chi connectivity index (χ1) is 14.9.